The van der Waals surface area contributed by atoms with E-state index in [1.54, 1.807) is 35.5 Å². The monoisotopic (exact) mass is 540 g/mol. The fourth-order valence-corrected chi connectivity index (χ4v) is 6.22. The summed E-state index contributed by atoms with van der Waals surface area (Å²) >= 11 is 1.16. The highest BCUT2D eigenvalue weighted by atomic mass is 32.1. The van der Waals surface area contributed by atoms with Crippen LogP contribution in [-0.2, 0) is 4.79 Å². The van der Waals surface area contributed by atoms with Gasteiger partial charge in [-0.3, -0.25) is 14.5 Å². The smallest absolute Gasteiger partial charge is 0.335 e. The second kappa shape index (κ2) is 9.84. The number of pyridine rings is 2. The highest BCUT2D eigenvalue weighted by Crippen LogP contribution is 2.49. The number of thiophene rings is 1. The van der Waals surface area contributed by atoms with E-state index in [9.17, 15) is 14.4 Å². The molecule has 39 heavy (non-hydrogen) atoms. The van der Waals surface area contributed by atoms with Gasteiger partial charge in [0.1, 0.15) is 27.0 Å². The topological polar surface area (TPSA) is 131 Å². The Morgan fingerprint density at radius 3 is 2.64 bits per heavy atom. The molecule has 1 aliphatic carbocycles. The lowest BCUT2D eigenvalue weighted by Crippen LogP contribution is -2.49. The molecular weight excluding hydrogens is 516 g/mol. The number of para-hydroxylation sites is 1. The van der Waals surface area contributed by atoms with Gasteiger partial charge in [0.25, 0.3) is 5.91 Å². The zero-order chi connectivity index (χ0) is 27.1. The Kier molecular flexibility index (Phi) is 6.20. The van der Waals surface area contributed by atoms with Gasteiger partial charge in [-0.15, -0.1) is 11.3 Å². The van der Waals surface area contributed by atoms with E-state index in [0.29, 0.717) is 58.2 Å². The van der Waals surface area contributed by atoms with E-state index in [1.165, 1.54) is 11.0 Å². The zero-order valence-corrected chi connectivity index (χ0v) is 21.6. The van der Waals surface area contributed by atoms with Gasteiger partial charge in [-0.25, -0.2) is 19.7 Å². The summed E-state index contributed by atoms with van der Waals surface area (Å²) in [5, 5.41) is 3.59. The summed E-state index contributed by atoms with van der Waals surface area (Å²) in [5.41, 5.74) is 6.81. The van der Waals surface area contributed by atoms with Crippen molar-refractivity contribution < 1.29 is 19.1 Å². The number of amides is 4. The Morgan fingerprint density at radius 2 is 1.92 bits per heavy atom. The molecule has 1 aromatic carbocycles. The molecule has 3 aromatic heterocycles. The maximum atomic E-state index is 14.3. The SMILES string of the molecule is C=CC(=O)NC1CC[C@H](N2C(=O)N(c3ccc(Oc4ccccc4)cn3)c3ccnc4sc(C(N)=O)c2c34)C1. The Hall–Kier alpha value is -4.77. The standard InChI is InChI=1S/C28H24N6O4S/c1-2-22(35)32-16-8-9-17(14-16)33-24-23-20(12-13-30-27(23)39-25(24)26(29)36)34(28(33)37)21-11-10-19(15-31-21)38-18-6-4-3-5-7-18/h2-7,10-13,15-17H,1,8-9,14H2,(H2,29,36)(H,32,35)/t16?,17-/m0/s1. The number of aromatic nitrogens is 2. The number of ether oxygens (including phenoxy) is 1. The van der Waals surface area contributed by atoms with Crippen molar-refractivity contribution in [2.45, 2.75) is 31.3 Å². The normalized spacial score (nSPS) is 18.3. The van der Waals surface area contributed by atoms with Crippen molar-refractivity contribution >= 4 is 56.6 Å². The molecule has 3 N–H and O–H groups in total. The van der Waals surface area contributed by atoms with Crippen molar-refractivity contribution in [1.29, 1.82) is 0 Å². The lowest BCUT2D eigenvalue weighted by Gasteiger charge is -2.38. The first-order valence-electron chi connectivity index (χ1n) is 12.4. The van der Waals surface area contributed by atoms with Gasteiger partial charge >= 0.3 is 6.03 Å². The molecule has 2 atom stereocenters. The molecule has 4 amide bonds. The summed E-state index contributed by atoms with van der Waals surface area (Å²) in [6, 6.07) is 13.8. The fraction of sp³-hybridized carbons (Fsp3) is 0.179. The number of nitrogens with two attached hydrogens (primary N) is 1. The first kappa shape index (κ1) is 24.6. The molecule has 1 saturated carbocycles. The maximum Gasteiger partial charge on any atom is 0.335 e. The van der Waals surface area contributed by atoms with Crippen LogP contribution in [0.1, 0.15) is 28.9 Å². The maximum absolute atomic E-state index is 14.3. The number of primary amides is 1. The van der Waals surface area contributed by atoms with E-state index < -0.39 is 5.91 Å². The molecular formula is C28H24N6O4S. The molecule has 0 spiro atoms. The number of carbonyl (C=O) groups is 3. The molecule has 1 unspecified atom stereocenters. The Bertz CT molecular complexity index is 1600. The summed E-state index contributed by atoms with van der Waals surface area (Å²) < 4.78 is 5.87. The van der Waals surface area contributed by atoms with Crippen LogP contribution in [0.3, 0.4) is 0 Å². The molecule has 4 aromatic rings. The third-order valence-electron chi connectivity index (χ3n) is 6.88. The number of carbonyl (C=O) groups excluding carboxylic acids is 3. The van der Waals surface area contributed by atoms with Crippen LogP contribution in [0.25, 0.3) is 10.2 Å². The number of rotatable bonds is 7. The highest BCUT2D eigenvalue weighted by molar-refractivity contribution is 7.21. The van der Waals surface area contributed by atoms with Crippen molar-refractivity contribution in [3.8, 4) is 11.5 Å². The van der Waals surface area contributed by atoms with E-state index in [2.05, 4.69) is 21.9 Å². The lowest BCUT2D eigenvalue weighted by molar-refractivity contribution is -0.117. The molecule has 2 aliphatic rings. The number of benzene rings is 1. The van der Waals surface area contributed by atoms with Crippen LogP contribution >= 0.6 is 11.3 Å². The van der Waals surface area contributed by atoms with E-state index in [1.807, 2.05) is 30.3 Å². The minimum absolute atomic E-state index is 0.129. The van der Waals surface area contributed by atoms with Crippen molar-refractivity contribution in [2.24, 2.45) is 5.73 Å². The molecule has 11 heteroatoms. The Labute approximate surface area is 227 Å². The minimum Gasteiger partial charge on any atom is -0.456 e. The molecule has 0 saturated heterocycles. The van der Waals surface area contributed by atoms with Crippen molar-refractivity contribution in [1.82, 2.24) is 15.3 Å². The number of nitrogens with one attached hydrogen (secondary N) is 1. The van der Waals surface area contributed by atoms with Crippen LogP contribution in [0.5, 0.6) is 11.5 Å². The van der Waals surface area contributed by atoms with Gasteiger partial charge in [0, 0.05) is 18.3 Å². The van der Waals surface area contributed by atoms with E-state index >= 15 is 0 Å². The largest absolute Gasteiger partial charge is 0.456 e. The molecule has 10 nitrogen and oxygen atoms in total. The van der Waals surface area contributed by atoms with Gasteiger partial charge in [0.15, 0.2) is 0 Å². The predicted octanol–water partition coefficient (Wildman–Crippen LogP) is 4.88. The van der Waals surface area contributed by atoms with Crippen molar-refractivity contribution in [2.75, 3.05) is 9.80 Å². The number of hydrogen-bond donors (Lipinski definition) is 2. The Morgan fingerprint density at radius 1 is 1.10 bits per heavy atom. The van der Waals surface area contributed by atoms with Crippen molar-refractivity contribution in [3.05, 3.63) is 78.5 Å². The van der Waals surface area contributed by atoms with Crippen molar-refractivity contribution in [3.63, 3.8) is 0 Å². The van der Waals surface area contributed by atoms with Crippen LogP contribution in [0.2, 0.25) is 0 Å². The van der Waals surface area contributed by atoms with Crippen LogP contribution in [-0.4, -0.2) is 39.9 Å². The lowest BCUT2D eigenvalue weighted by atomic mass is 10.1. The molecule has 0 bridgehead atoms. The van der Waals surface area contributed by atoms with E-state index in [4.69, 9.17) is 10.5 Å². The summed E-state index contributed by atoms with van der Waals surface area (Å²) in [6.07, 6.45) is 6.21. The number of hydrogen-bond acceptors (Lipinski definition) is 7. The van der Waals surface area contributed by atoms with Crippen LogP contribution in [0, 0.1) is 0 Å². The zero-order valence-electron chi connectivity index (χ0n) is 20.7. The van der Waals surface area contributed by atoms with Gasteiger partial charge < -0.3 is 15.8 Å². The second-order valence-electron chi connectivity index (χ2n) is 9.29. The average Bonchev–Trinajstić information content (AvgIpc) is 3.56. The average molecular weight is 541 g/mol. The van der Waals surface area contributed by atoms with Gasteiger partial charge in [0.05, 0.1) is 23.0 Å². The summed E-state index contributed by atoms with van der Waals surface area (Å²) in [7, 11) is 0. The third-order valence-corrected chi connectivity index (χ3v) is 7.98. The van der Waals surface area contributed by atoms with Gasteiger partial charge in [-0.05, 0) is 55.7 Å². The van der Waals surface area contributed by atoms with Gasteiger partial charge in [-0.1, -0.05) is 24.8 Å². The van der Waals surface area contributed by atoms with Crippen LogP contribution in [0.4, 0.5) is 22.0 Å². The quantitative estimate of drug-likeness (QED) is 0.321. The van der Waals surface area contributed by atoms with Crippen LogP contribution in [0.15, 0.2) is 73.6 Å². The summed E-state index contributed by atoms with van der Waals surface area (Å²) in [6.45, 7) is 3.52. The molecule has 6 rings (SSSR count). The fourth-order valence-electron chi connectivity index (χ4n) is 5.21. The third kappa shape index (κ3) is 4.36. The second-order valence-corrected chi connectivity index (χ2v) is 10.3. The summed E-state index contributed by atoms with van der Waals surface area (Å²) in [4.78, 5) is 51.7. The van der Waals surface area contributed by atoms with Gasteiger partial charge in [0.2, 0.25) is 5.91 Å². The Balaban J connectivity index is 1.41. The number of anilines is 3. The predicted molar refractivity (Wildman–Crippen MR) is 149 cm³/mol. The highest BCUT2D eigenvalue weighted by Gasteiger charge is 2.44. The first-order chi connectivity index (χ1) is 18.9. The number of urea groups is 1. The van der Waals surface area contributed by atoms with Gasteiger partial charge in [-0.2, -0.15) is 0 Å². The minimum atomic E-state index is -0.625. The molecule has 0 radical (unpaired) electrons. The molecule has 1 aliphatic heterocycles. The number of nitrogens with zero attached hydrogens (tertiary/aromatic N) is 4. The molecule has 196 valence electrons. The molecule has 4 heterocycles. The summed E-state index contributed by atoms with van der Waals surface area (Å²) in [5.74, 6) is 0.698. The van der Waals surface area contributed by atoms with E-state index in [-0.39, 0.29) is 28.9 Å². The first-order valence-corrected chi connectivity index (χ1v) is 13.2. The molecule has 1 fully saturated rings. The van der Waals surface area contributed by atoms with E-state index in [0.717, 1.165) is 11.3 Å². The van der Waals surface area contributed by atoms with Crippen LogP contribution < -0.4 is 25.6 Å².